The van der Waals surface area contributed by atoms with E-state index < -0.39 is 24.3 Å². The Morgan fingerprint density at radius 2 is 1.86 bits per heavy atom. The smallest absolute Gasteiger partial charge is 0.338 e. The zero-order valence-corrected chi connectivity index (χ0v) is 19.3. The van der Waals surface area contributed by atoms with Crippen molar-refractivity contribution >= 4 is 51.6 Å². The normalized spacial score (nSPS) is 10.6. The molecule has 0 spiro atoms. The molecule has 1 aromatic heterocycles. The third-order valence-electron chi connectivity index (χ3n) is 4.84. The number of carbonyl (C=O) groups excluding carboxylic acids is 2. The van der Waals surface area contributed by atoms with Crippen molar-refractivity contribution in [1.82, 2.24) is 9.97 Å². The van der Waals surface area contributed by atoms with Gasteiger partial charge in [-0.2, -0.15) is 0 Å². The number of hydrogen-bond acceptors (Lipinski definition) is 7. The Morgan fingerprint density at radius 3 is 2.60 bits per heavy atom. The van der Waals surface area contributed by atoms with Crippen molar-refractivity contribution in [2.24, 2.45) is 0 Å². The Labute approximate surface area is 205 Å². The average Bonchev–Trinajstić information content (AvgIpc) is 2.86. The summed E-state index contributed by atoms with van der Waals surface area (Å²) in [7, 11) is 0. The molecule has 0 fully saturated rings. The van der Waals surface area contributed by atoms with Crippen molar-refractivity contribution in [3.8, 4) is 5.75 Å². The number of anilines is 3. The Bertz CT molecular complexity index is 1390. The van der Waals surface area contributed by atoms with E-state index in [9.17, 15) is 14.0 Å². The fourth-order valence-electron chi connectivity index (χ4n) is 3.24. The van der Waals surface area contributed by atoms with Crippen LogP contribution in [0.15, 0.2) is 67.0 Å². The molecule has 1 heterocycles. The van der Waals surface area contributed by atoms with E-state index >= 15 is 0 Å². The van der Waals surface area contributed by atoms with Gasteiger partial charge in [0.05, 0.1) is 28.4 Å². The number of hydrogen-bond donors (Lipinski definition) is 2. The number of amides is 1. The number of esters is 1. The molecule has 0 saturated heterocycles. The Morgan fingerprint density at radius 1 is 1.06 bits per heavy atom. The van der Waals surface area contributed by atoms with Gasteiger partial charge in [0.15, 0.2) is 6.61 Å². The summed E-state index contributed by atoms with van der Waals surface area (Å²) < 4.78 is 24.3. The summed E-state index contributed by atoms with van der Waals surface area (Å²) in [6.07, 6.45) is 1.37. The summed E-state index contributed by atoms with van der Waals surface area (Å²) >= 11 is 5.88. The standard InChI is InChI=1S/C25H20ClFN4O4/c1-2-34-22-12-20-17(24(29-14-28-20)30-16-8-9-19(27)18(26)10-16)11-21(22)31-23(32)13-35-25(33)15-6-4-3-5-7-15/h3-12,14H,2,13H2,1H3,(H,31,32)(H,28,29,30). The molecule has 10 heteroatoms. The van der Waals surface area contributed by atoms with Crippen LogP contribution in [0.5, 0.6) is 5.75 Å². The van der Waals surface area contributed by atoms with Crippen LogP contribution in [0.25, 0.3) is 10.9 Å². The summed E-state index contributed by atoms with van der Waals surface area (Å²) in [4.78, 5) is 33.2. The first-order valence-corrected chi connectivity index (χ1v) is 11.0. The lowest BCUT2D eigenvalue weighted by Crippen LogP contribution is -2.21. The number of ether oxygens (including phenoxy) is 2. The van der Waals surface area contributed by atoms with Crippen molar-refractivity contribution in [3.05, 3.63) is 83.4 Å². The van der Waals surface area contributed by atoms with Crippen molar-refractivity contribution in [1.29, 1.82) is 0 Å². The van der Waals surface area contributed by atoms with Crippen LogP contribution in [0.3, 0.4) is 0 Å². The van der Waals surface area contributed by atoms with Gasteiger partial charge in [-0.3, -0.25) is 4.79 Å². The number of rotatable bonds is 8. The van der Waals surface area contributed by atoms with Crippen molar-refractivity contribution in [2.45, 2.75) is 6.92 Å². The molecule has 1 amide bonds. The zero-order valence-electron chi connectivity index (χ0n) is 18.5. The maximum absolute atomic E-state index is 13.5. The maximum atomic E-state index is 13.5. The first-order chi connectivity index (χ1) is 16.9. The van der Waals surface area contributed by atoms with Crippen molar-refractivity contribution in [2.75, 3.05) is 23.8 Å². The molecular formula is C25H20ClFN4O4. The average molecular weight is 495 g/mol. The molecule has 0 aliphatic heterocycles. The first-order valence-electron chi connectivity index (χ1n) is 10.6. The Balaban J connectivity index is 1.57. The van der Waals surface area contributed by atoms with Crippen LogP contribution in [-0.4, -0.2) is 35.1 Å². The highest BCUT2D eigenvalue weighted by Crippen LogP contribution is 2.33. The van der Waals surface area contributed by atoms with Gasteiger partial charge in [0.25, 0.3) is 5.91 Å². The van der Waals surface area contributed by atoms with E-state index in [1.165, 1.54) is 24.5 Å². The van der Waals surface area contributed by atoms with E-state index in [0.717, 1.165) is 0 Å². The largest absolute Gasteiger partial charge is 0.492 e. The second-order valence-corrected chi connectivity index (χ2v) is 7.67. The monoisotopic (exact) mass is 494 g/mol. The lowest BCUT2D eigenvalue weighted by atomic mass is 10.1. The molecule has 8 nitrogen and oxygen atoms in total. The zero-order chi connectivity index (χ0) is 24.8. The van der Waals surface area contributed by atoms with E-state index in [1.54, 1.807) is 42.5 Å². The summed E-state index contributed by atoms with van der Waals surface area (Å²) in [5, 5.41) is 6.31. The van der Waals surface area contributed by atoms with Gasteiger partial charge in [0, 0.05) is 17.1 Å². The SMILES string of the molecule is CCOc1cc2ncnc(Nc3ccc(F)c(Cl)c3)c2cc1NC(=O)COC(=O)c1ccccc1. The summed E-state index contributed by atoms with van der Waals surface area (Å²) in [5.74, 6) is -0.901. The number of carbonyl (C=O) groups is 2. The van der Waals surface area contributed by atoms with Gasteiger partial charge in [-0.05, 0) is 43.3 Å². The van der Waals surface area contributed by atoms with Crippen molar-refractivity contribution < 1.29 is 23.5 Å². The van der Waals surface area contributed by atoms with Crippen LogP contribution in [0.1, 0.15) is 17.3 Å². The maximum Gasteiger partial charge on any atom is 0.338 e. The molecule has 0 aliphatic rings. The minimum absolute atomic E-state index is 0.0370. The number of nitrogens with one attached hydrogen (secondary N) is 2. The number of nitrogens with zero attached hydrogens (tertiary/aromatic N) is 2. The highest BCUT2D eigenvalue weighted by atomic mass is 35.5. The molecule has 35 heavy (non-hydrogen) atoms. The highest BCUT2D eigenvalue weighted by molar-refractivity contribution is 6.31. The molecule has 2 N–H and O–H groups in total. The summed E-state index contributed by atoms with van der Waals surface area (Å²) in [6.45, 7) is 1.67. The van der Waals surface area contributed by atoms with Crippen molar-refractivity contribution in [3.63, 3.8) is 0 Å². The number of halogens is 2. The van der Waals surface area contributed by atoms with Gasteiger partial charge in [0.1, 0.15) is 23.7 Å². The van der Waals surface area contributed by atoms with Crippen LogP contribution in [0, 0.1) is 5.82 Å². The number of fused-ring (bicyclic) bond motifs is 1. The topological polar surface area (TPSA) is 102 Å². The summed E-state index contributed by atoms with van der Waals surface area (Å²) in [6, 6.07) is 15.9. The van der Waals surface area contributed by atoms with Gasteiger partial charge in [-0.25, -0.2) is 19.2 Å². The molecule has 0 bridgehead atoms. The minimum Gasteiger partial charge on any atom is -0.492 e. The second-order valence-electron chi connectivity index (χ2n) is 7.27. The van der Waals surface area contributed by atoms with Gasteiger partial charge in [-0.15, -0.1) is 0 Å². The van der Waals surface area contributed by atoms with Gasteiger partial charge < -0.3 is 20.1 Å². The quantitative estimate of drug-likeness (QED) is 0.318. The molecular weight excluding hydrogens is 475 g/mol. The van der Waals surface area contributed by atoms with Crippen LogP contribution < -0.4 is 15.4 Å². The van der Waals surface area contributed by atoms with E-state index in [-0.39, 0.29) is 5.02 Å². The van der Waals surface area contributed by atoms with E-state index in [2.05, 4.69) is 20.6 Å². The molecule has 0 atom stereocenters. The molecule has 0 saturated carbocycles. The van der Waals surface area contributed by atoms with E-state index in [1.807, 2.05) is 6.92 Å². The fraction of sp³-hybridized carbons (Fsp3) is 0.120. The Hall–Kier alpha value is -4.24. The molecule has 0 unspecified atom stereocenters. The molecule has 4 aromatic rings. The van der Waals surface area contributed by atoms with Gasteiger partial charge in [0.2, 0.25) is 0 Å². The number of benzene rings is 3. The van der Waals surface area contributed by atoms with Crippen LogP contribution in [0.4, 0.5) is 21.6 Å². The first kappa shape index (κ1) is 23.9. The van der Waals surface area contributed by atoms with Crippen LogP contribution in [-0.2, 0) is 9.53 Å². The predicted octanol–water partition coefficient (Wildman–Crippen LogP) is 5.36. The molecule has 3 aromatic carbocycles. The molecule has 0 radical (unpaired) electrons. The summed E-state index contributed by atoms with van der Waals surface area (Å²) in [5.41, 5.74) is 1.75. The molecule has 178 valence electrons. The third kappa shape index (κ3) is 5.82. The third-order valence-corrected chi connectivity index (χ3v) is 5.13. The second kappa shape index (κ2) is 10.8. The van der Waals surface area contributed by atoms with Gasteiger partial charge >= 0.3 is 5.97 Å². The van der Waals surface area contributed by atoms with E-state index in [4.69, 9.17) is 21.1 Å². The van der Waals surface area contributed by atoms with Crippen LogP contribution >= 0.6 is 11.6 Å². The predicted molar refractivity (Wildman–Crippen MR) is 131 cm³/mol. The minimum atomic E-state index is -0.609. The lowest BCUT2D eigenvalue weighted by Gasteiger charge is -2.15. The number of aromatic nitrogens is 2. The van der Waals surface area contributed by atoms with Gasteiger partial charge in [-0.1, -0.05) is 29.8 Å². The van der Waals surface area contributed by atoms with Crippen LogP contribution in [0.2, 0.25) is 5.02 Å². The lowest BCUT2D eigenvalue weighted by molar-refractivity contribution is -0.119. The fourth-order valence-corrected chi connectivity index (χ4v) is 3.42. The molecule has 0 aliphatic carbocycles. The van der Waals surface area contributed by atoms with E-state index in [0.29, 0.717) is 46.0 Å². The molecule has 4 rings (SSSR count). The Kier molecular flexibility index (Phi) is 7.37. The highest BCUT2D eigenvalue weighted by Gasteiger charge is 2.15.